The van der Waals surface area contributed by atoms with Crippen molar-refractivity contribution in [3.8, 4) is 5.75 Å². The molecule has 0 saturated carbocycles. The van der Waals surface area contributed by atoms with Gasteiger partial charge in [0.05, 0.1) is 24.2 Å². The lowest BCUT2D eigenvalue weighted by Crippen LogP contribution is -2.48. The third-order valence-corrected chi connectivity index (χ3v) is 4.51. The molecule has 1 aliphatic heterocycles. The van der Waals surface area contributed by atoms with E-state index < -0.39 is 6.10 Å². The predicted octanol–water partition coefficient (Wildman–Crippen LogP) is 2.19. The van der Waals surface area contributed by atoms with Gasteiger partial charge in [-0.25, -0.2) is 0 Å². The lowest BCUT2D eigenvalue weighted by molar-refractivity contribution is -0.144. The number of amides is 2. The van der Waals surface area contributed by atoms with Crippen LogP contribution < -0.4 is 4.74 Å². The van der Waals surface area contributed by atoms with Crippen molar-refractivity contribution in [1.29, 1.82) is 0 Å². The van der Waals surface area contributed by atoms with Gasteiger partial charge in [-0.15, -0.1) is 0 Å². The van der Waals surface area contributed by atoms with Crippen LogP contribution >= 0.6 is 27.5 Å². The van der Waals surface area contributed by atoms with Crippen molar-refractivity contribution in [2.45, 2.75) is 13.0 Å². The summed E-state index contributed by atoms with van der Waals surface area (Å²) >= 11 is 9.23. The summed E-state index contributed by atoms with van der Waals surface area (Å²) in [6, 6.07) is 5.07. The molecule has 1 atom stereocenters. The van der Waals surface area contributed by atoms with Gasteiger partial charge in [0.15, 0.2) is 6.10 Å². The summed E-state index contributed by atoms with van der Waals surface area (Å²) in [5.41, 5.74) is 0. The highest BCUT2D eigenvalue weighted by Gasteiger charge is 2.24. The summed E-state index contributed by atoms with van der Waals surface area (Å²) < 4.78 is 11.6. The number of nitrogens with zero attached hydrogens (tertiary/aromatic N) is 2. The Bertz CT molecular complexity index is 608. The minimum Gasteiger partial charge on any atom is -0.480 e. The molecule has 132 valence electrons. The van der Waals surface area contributed by atoms with Gasteiger partial charge in [0.1, 0.15) is 5.75 Å². The van der Waals surface area contributed by atoms with Crippen LogP contribution in [0.2, 0.25) is 5.02 Å². The number of hydrogen-bond donors (Lipinski definition) is 0. The molecule has 1 fully saturated rings. The maximum absolute atomic E-state index is 12.4. The van der Waals surface area contributed by atoms with Crippen LogP contribution in [0.15, 0.2) is 22.7 Å². The molecule has 0 N–H and O–H groups in total. The van der Waals surface area contributed by atoms with E-state index in [0.29, 0.717) is 41.5 Å². The highest BCUT2D eigenvalue weighted by molar-refractivity contribution is 9.10. The second kappa shape index (κ2) is 8.69. The molecule has 0 unspecified atom stereocenters. The summed E-state index contributed by atoms with van der Waals surface area (Å²) in [6.07, 6.45) is -0.718. The summed E-state index contributed by atoms with van der Waals surface area (Å²) in [5, 5.41) is 0.571. The monoisotopic (exact) mass is 418 g/mol. The van der Waals surface area contributed by atoms with Crippen molar-refractivity contribution in [1.82, 2.24) is 9.80 Å². The van der Waals surface area contributed by atoms with E-state index >= 15 is 0 Å². The van der Waals surface area contributed by atoms with Gasteiger partial charge in [-0.05, 0) is 41.1 Å². The number of rotatable bonds is 5. The third kappa shape index (κ3) is 5.09. The zero-order valence-corrected chi connectivity index (χ0v) is 16.0. The van der Waals surface area contributed by atoms with Gasteiger partial charge in [0.25, 0.3) is 5.91 Å². The predicted molar refractivity (Wildman–Crippen MR) is 94.3 cm³/mol. The summed E-state index contributed by atoms with van der Waals surface area (Å²) in [7, 11) is 1.59. The van der Waals surface area contributed by atoms with E-state index in [4.69, 9.17) is 21.1 Å². The van der Waals surface area contributed by atoms with Gasteiger partial charge in [-0.2, -0.15) is 0 Å². The number of halogens is 2. The quantitative estimate of drug-likeness (QED) is 0.734. The minimum absolute atomic E-state index is 0.0221. The van der Waals surface area contributed by atoms with Crippen LogP contribution in [-0.2, 0) is 14.3 Å². The Kier molecular flexibility index (Phi) is 6.89. The first-order valence-electron chi connectivity index (χ1n) is 7.60. The lowest BCUT2D eigenvalue weighted by atomic mass is 10.3. The first-order valence-corrected chi connectivity index (χ1v) is 8.78. The summed E-state index contributed by atoms with van der Waals surface area (Å²) in [5.74, 6) is 0.167. The molecular weight excluding hydrogens is 400 g/mol. The van der Waals surface area contributed by atoms with Crippen molar-refractivity contribution >= 4 is 39.3 Å². The summed E-state index contributed by atoms with van der Waals surface area (Å²) in [4.78, 5) is 27.7. The van der Waals surface area contributed by atoms with E-state index in [-0.39, 0.29) is 18.4 Å². The van der Waals surface area contributed by atoms with Crippen LogP contribution in [-0.4, -0.2) is 67.6 Å². The lowest BCUT2D eigenvalue weighted by Gasteiger charge is -2.29. The van der Waals surface area contributed by atoms with Crippen LogP contribution in [0.4, 0.5) is 0 Å². The molecule has 1 saturated heterocycles. The fourth-order valence-electron chi connectivity index (χ4n) is 2.32. The first kappa shape index (κ1) is 19.0. The first-order chi connectivity index (χ1) is 11.4. The smallest absolute Gasteiger partial charge is 0.263 e. The van der Waals surface area contributed by atoms with Crippen LogP contribution in [0.1, 0.15) is 6.92 Å². The Morgan fingerprint density at radius 1 is 1.42 bits per heavy atom. The molecule has 0 aromatic heterocycles. The van der Waals surface area contributed by atoms with Crippen molar-refractivity contribution in [3.05, 3.63) is 27.7 Å². The summed E-state index contributed by atoms with van der Waals surface area (Å²) in [6.45, 7) is 3.86. The largest absolute Gasteiger partial charge is 0.480 e. The molecule has 0 radical (unpaired) electrons. The van der Waals surface area contributed by atoms with E-state index in [2.05, 4.69) is 15.9 Å². The van der Waals surface area contributed by atoms with Crippen molar-refractivity contribution in [2.24, 2.45) is 0 Å². The van der Waals surface area contributed by atoms with Crippen molar-refractivity contribution in [2.75, 3.05) is 39.9 Å². The van der Waals surface area contributed by atoms with Gasteiger partial charge in [0.2, 0.25) is 5.91 Å². The molecule has 1 heterocycles. The van der Waals surface area contributed by atoms with E-state index in [9.17, 15) is 9.59 Å². The van der Waals surface area contributed by atoms with Crippen molar-refractivity contribution in [3.63, 3.8) is 0 Å². The van der Waals surface area contributed by atoms with Crippen molar-refractivity contribution < 1.29 is 19.1 Å². The molecule has 24 heavy (non-hydrogen) atoms. The number of ether oxygens (including phenoxy) is 2. The number of benzene rings is 1. The molecule has 1 aromatic rings. The molecular formula is C16H20BrClN2O4. The normalized spacial score (nSPS) is 15.8. The number of carbonyl (C=O) groups is 2. The second-order valence-corrected chi connectivity index (χ2v) is 6.81. The molecule has 8 heteroatoms. The van der Waals surface area contributed by atoms with Crippen LogP contribution in [0.25, 0.3) is 0 Å². The number of carbonyl (C=O) groups excluding carboxylic acids is 2. The number of hydrogen-bond acceptors (Lipinski definition) is 4. The third-order valence-electron chi connectivity index (χ3n) is 3.66. The Morgan fingerprint density at radius 3 is 2.71 bits per heavy atom. The van der Waals surface area contributed by atoms with Gasteiger partial charge < -0.3 is 19.3 Å². The average Bonchev–Trinajstić information content (AvgIpc) is 2.57. The Balaban J connectivity index is 1.90. The molecule has 6 nitrogen and oxygen atoms in total. The molecule has 1 aliphatic rings. The Labute approximate surface area is 154 Å². The number of morpholine rings is 1. The Hall–Kier alpha value is -1.31. The SMILES string of the molecule is C[C@H](Oc1ccc(Cl)cc1Br)C(=O)N(C)CC(=O)N1CCOCC1. The van der Waals surface area contributed by atoms with Gasteiger partial charge in [-0.3, -0.25) is 9.59 Å². The topological polar surface area (TPSA) is 59.1 Å². The highest BCUT2D eigenvalue weighted by Crippen LogP contribution is 2.28. The maximum Gasteiger partial charge on any atom is 0.263 e. The zero-order chi connectivity index (χ0) is 17.7. The molecule has 2 amide bonds. The standard InChI is InChI=1S/C16H20BrClN2O4/c1-11(24-14-4-3-12(18)9-13(14)17)16(22)19(2)10-15(21)20-5-7-23-8-6-20/h3-4,9,11H,5-8,10H2,1-2H3/t11-/m0/s1. The van der Waals surface area contributed by atoms with E-state index in [0.717, 1.165) is 0 Å². The maximum atomic E-state index is 12.4. The van der Waals surface area contributed by atoms with Gasteiger partial charge in [0, 0.05) is 25.2 Å². The van der Waals surface area contributed by atoms with E-state index in [1.807, 2.05) is 0 Å². The molecule has 0 aliphatic carbocycles. The minimum atomic E-state index is -0.718. The fourth-order valence-corrected chi connectivity index (χ4v) is 3.09. The number of likely N-dealkylation sites (N-methyl/N-ethyl adjacent to an activating group) is 1. The highest BCUT2D eigenvalue weighted by atomic mass is 79.9. The van der Waals surface area contributed by atoms with Crippen LogP contribution in [0.5, 0.6) is 5.75 Å². The van der Waals surface area contributed by atoms with Gasteiger partial charge in [-0.1, -0.05) is 11.6 Å². The van der Waals surface area contributed by atoms with Gasteiger partial charge >= 0.3 is 0 Å². The van der Waals surface area contributed by atoms with E-state index in [1.54, 1.807) is 37.1 Å². The Morgan fingerprint density at radius 2 is 2.08 bits per heavy atom. The molecule has 0 spiro atoms. The van der Waals surface area contributed by atoms with Crippen LogP contribution in [0, 0.1) is 0 Å². The zero-order valence-electron chi connectivity index (χ0n) is 13.6. The second-order valence-electron chi connectivity index (χ2n) is 5.52. The fraction of sp³-hybridized carbons (Fsp3) is 0.500. The molecule has 1 aromatic carbocycles. The van der Waals surface area contributed by atoms with E-state index in [1.165, 1.54) is 4.90 Å². The van der Waals surface area contributed by atoms with Crippen LogP contribution in [0.3, 0.4) is 0 Å². The molecule has 0 bridgehead atoms. The molecule has 2 rings (SSSR count). The average molecular weight is 420 g/mol.